The molecule has 3 rings (SSSR count). The zero-order chi connectivity index (χ0) is 9.38. The average molecular weight is 185 g/mol. The van der Waals surface area contributed by atoms with Crippen LogP contribution in [0, 0.1) is 0 Å². The smallest absolute Gasteiger partial charge is 0.124 e. The first kappa shape index (κ1) is 7.80. The molecule has 0 amide bonds. The van der Waals surface area contributed by atoms with Gasteiger partial charge >= 0.3 is 0 Å². The number of benzene rings is 1. The maximum absolute atomic E-state index is 4.85. The lowest BCUT2D eigenvalue weighted by molar-refractivity contribution is 0.411. The van der Waals surface area contributed by atoms with Crippen molar-refractivity contribution in [1.82, 2.24) is 5.16 Å². The summed E-state index contributed by atoms with van der Waals surface area (Å²) in [5.41, 5.74) is 2.51. The molecule has 0 N–H and O–H groups in total. The molecular formula is C12H11NO. The number of rotatable bonds is 2. The average Bonchev–Trinajstić information content (AvgIpc) is 2.87. The third-order valence-electron chi connectivity index (χ3n) is 2.86. The Kier molecular flexibility index (Phi) is 1.66. The van der Waals surface area contributed by atoms with Crippen molar-refractivity contribution in [3.05, 3.63) is 53.9 Å². The van der Waals surface area contributed by atoms with Crippen LogP contribution in [0.1, 0.15) is 29.5 Å². The van der Waals surface area contributed by atoms with Crippen molar-refractivity contribution in [1.29, 1.82) is 0 Å². The summed E-state index contributed by atoms with van der Waals surface area (Å²) < 4.78 is 4.85. The van der Waals surface area contributed by atoms with Gasteiger partial charge in [0.1, 0.15) is 6.26 Å². The Hall–Kier alpha value is -1.57. The van der Waals surface area contributed by atoms with Crippen LogP contribution in [0.3, 0.4) is 0 Å². The van der Waals surface area contributed by atoms with Crippen molar-refractivity contribution in [2.24, 2.45) is 0 Å². The van der Waals surface area contributed by atoms with Crippen LogP contribution in [0.25, 0.3) is 0 Å². The zero-order valence-corrected chi connectivity index (χ0v) is 7.76. The predicted molar refractivity (Wildman–Crippen MR) is 53.0 cm³/mol. The van der Waals surface area contributed by atoms with E-state index in [1.807, 2.05) is 6.07 Å². The highest BCUT2D eigenvalue weighted by atomic mass is 16.5. The Morgan fingerprint density at radius 1 is 1.07 bits per heavy atom. The molecule has 0 aliphatic heterocycles. The summed E-state index contributed by atoms with van der Waals surface area (Å²) in [4.78, 5) is 0. The van der Waals surface area contributed by atoms with E-state index in [-0.39, 0.29) is 0 Å². The Balaban J connectivity index is 1.81. The maximum atomic E-state index is 4.85. The minimum Gasteiger partial charge on any atom is -0.365 e. The van der Waals surface area contributed by atoms with Gasteiger partial charge in [-0.1, -0.05) is 35.5 Å². The molecule has 1 saturated carbocycles. The van der Waals surface area contributed by atoms with Crippen LogP contribution >= 0.6 is 0 Å². The van der Waals surface area contributed by atoms with E-state index in [9.17, 15) is 0 Å². The molecule has 0 spiro atoms. The van der Waals surface area contributed by atoms with E-state index < -0.39 is 0 Å². The summed E-state index contributed by atoms with van der Waals surface area (Å²) >= 11 is 0. The van der Waals surface area contributed by atoms with Gasteiger partial charge in [0.15, 0.2) is 0 Å². The lowest BCUT2D eigenvalue weighted by Crippen LogP contribution is -1.83. The molecule has 1 heterocycles. The number of aromatic nitrogens is 1. The van der Waals surface area contributed by atoms with E-state index in [2.05, 4.69) is 35.5 Å². The van der Waals surface area contributed by atoms with Gasteiger partial charge in [-0.2, -0.15) is 0 Å². The van der Waals surface area contributed by atoms with Crippen molar-refractivity contribution < 1.29 is 4.52 Å². The summed E-state index contributed by atoms with van der Waals surface area (Å²) in [5.74, 6) is 1.23. The van der Waals surface area contributed by atoms with Gasteiger partial charge in [0, 0.05) is 12.0 Å². The number of hydrogen-bond donors (Lipinski definition) is 0. The van der Waals surface area contributed by atoms with Crippen molar-refractivity contribution in [3.8, 4) is 0 Å². The van der Waals surface area contributed by atoms with E-state index >= 15 is 0 Å². The molecule has 0 saturated heterocycles. The first-order valence-electron chi connectivity index (χ1n) is 4.90. The minimum absolute atomic E-state index is 0.580. The molecule has 2 unspecified atom stereocenters. The second-order valence-corrected chi connectivity index (χ2v) is 3.78. The van der Waals surface area contributed by atoms with Crippen LogP contribution in [-0.2, 0) is 0 Å². The summed E-state index contributed by atoms with van der Waals surface area (Å²) in [5, 5.41) is 3.98. The highest BCUT2D eigenvalue weighted by Crippen LogP contribution is 2.53. The summed E-state index contributed by atoms with van der Waals surface area (Å²) in [6, 6.07) is 12.6. The molecule has 1 fully saturated rings. The highest BCUT2D eigenvalue weighted by molar-refractivity contribution is 5.32. The maximum Gasteiger partial charge on any atom is 0.124 e. The topological polar surface area (TPSA) is 26.0 Å². The fourth-order valence-electron chi connectivity index (χ4n) is 2.00. The van der Waals surface area contributed by atoms with Crippen LogP contribution in [0.15, 0.2) is 47.2 Å². The summed E-state index contributed by atoms with van der Waals surface area (Å²) in [7, 11) is 0. The van der Waals surface area contributed by atoms with Crippen LogP contribution in [-0.4, -0.2) is 5.16 Å². The third-order valence-corrected chi connectivity index (χ3v) is 2.86. The van der Waals surface area contributed by atoms with E-state index in [0.717, 1.165) is 5.69 Å². The molecule has 2 heteroatoms. The lowest BCUT2D eigenvalue weighted by Gasteiger charge is -1.96. The van der Waals surface area contributed by atoms with Gasteiger partial charge in [0.25, 0.3) is 0 Å². The van der Waals surface area contributed by atoms with Crippen LogP contribution < -0.4 is 0 Å². The monoisotopic (exact) mass is 185 g/mol. The van der Waals surface area contributed by atoms with E-state index in [1.54, 1.807) is 6.26 Å². The van der Waals surface area contributed by atoms with E-state index in [0.29, 0.717) is 11.8 Å². The highest BCUT2D eigenvalue weighted by Gasteiger charge is 2.40. The summed E-state index contributed by atoms with van der Waals surface area (Å²) in [6.07, 6.45) is 2.85. The second-order valence-electron chi connectivity index (χ2n) is 3.78. The first-order valence-corrected chi connectivity index (χ1v) is 4.90. The number of hydrogen-bond acceptors (Lipinski definition) is 2. The summed E-state index contributed by atoms with van der Waals surface area (Å²) in [6.45, 7) is 0. The quantitative estimate of drug-likeness (QED) is 0.719. The van der Waals surface area contributed by atoms with Gasteiger partial charge in [-0.05, 0) is 17.9 Å². The van der Waals surface area contributed by atoms with Crippen LogP contribution in [0.4, 0.5) is 0 Å². The van der Waals surface area contributed by atoms with Gasteiger partial charge in [0.05, 0.1) is 5.69 Å². The van der Waals surface area contributed by atoms with Crippen molar-refractivity contribution in [2.75, 3.05) is 0 Å². The standard InChI is InChI=1S/C12H11NO/c1-2-4-9(5-3-1)10-8-11(10)12-6-7-14-13-12/h1-7,10-11H,8H2. The SMILES string of the molecule is c1ccc(C2CC2c2ccon2)cc1. The normalized spacial score (nSPS) is 24.9. The molecule has 0 bridgehead atoms. The van der Waals surface area contributed by atoms with Crippen molar-refractivity contribution in [3.63, 3.8) is 0 Å². The second kappa shape index (κ2) is 2.98. The molecule has 1 aliphatic carbocycles. The molecule has 14 heavy (non-hydrogen) atoms. The van der Waals surface area contributed by atoms with E-state index in [4.69, 9.17) is 4.52 Å². The van der Waals surface area contributed by atoms with E-state index in [1.165, 1.54) is 12.0 Å². The number of nitrogens with zero attached hydrogens (tertiary/aromatic N) is 1. The predicted octanol–water partition coefficient (Wildman–Crippen LogP) is 2.95. The van der Waals surface area contributed by atoms with Gasteiger partial charge in [-0.15, -0.1) is 0 Å². The van der Waals surface area contributed by atoms with Gasteiger partial charge < -0.3 is 4.52 Å². The Morgan fingerprint density at radius 3 is 2.64 bits per heavy atom. The Labute approximate surface area is 82.5 Å². The molecule has 0 radical (unpaired) electrons. The molecule has 1 aromatic carbocycles. The fraction of sp³-hybridized carbons (Fsp3) is 0.250. The molecule has 2 aromatic rings. The molecule has 70 valence electrons. The Morgan fingerprint density at radius 2 is 1.93 bits per heavy atom. The van der Waals surface area contributed by atoms with Gasteiger partial charge in [0.2, 0.25) is 0 Å². The van der Waals surface area contributed by atoms with Crippen LogP contribution in [0.2, 0.25) is 0 Å². The van der Waals surface area contributed by atoms with Crippen molar-refractivity contribution >= 4 is 0 Å². The largest absolute Gasteiger partial charge is 0.365 e. The molecule has 1 aliphatic rings. The zero-order valence-electron chi connectivity index (χ0n) is 7.76. The van der Waals surface area contributed by atoms with Crippen LogP contribution in [0.5, 0.6) is 0 Å². The Bertz CT molecular complexity index is 407. The van der Waals surface area contributed by atoms with Gasteiger partial charge in [-0.3, -0.25) is 0 Å². The molecule has 2 nitrogen and oxygen atoms in total. The van der Waals surface area contributed by atoms with Gasteiger partial charge in [-0.25, -0.2) is 0 Å². The lowest BCUT2D eigenvalue weighted by atomic mass is 10.1. The molecule has 2 atom stereocenters. The first-order chi connectivity index (χ1) is 6.95. The third kappa shape index (κ3) is 1.23. The minimum atomic E-state index is 0.580. The molecule has 1 aromatic heterocycles. The molecular weight excluding hydrogens is 174 g/mol. The fourth-order valence-corrected chi connectivity index (χ4v) is 2.00. The van der Waals surface area contributed by atoms with Crippen molar-refractivity contribution in [2.45, 2.75) is 18.3 Å².